The summed E-state index contributed by atoms with van der Waals surface area (Å²) in [4.78, 5) is 5.69. The molecule has 2 unspecified atom stereocenters. The van der Waals surface area contributed by atoms with E-state index >= 15 is 0 Å². The Balaban J connectivity index is 1.92. The fourth-order valence-corrected chi connectivity index (χ4v) is 3.58. The Hall–Kier alpha value is -0.660. The lowest BCUT2D eigenvalue weighted by Crippen LogP contribution is -2.48. The van der Waals surface area contributed by atoms with Gasteiger partial charge in [-0.2, -0.15) is 0 Å². The molecule has 0 saturated carbocycles. The predicted molar refractivity (Wildman–Crippen MR) is 92.2 cm³/mol. The summed E-state index contributed by atoms with van der Waals surface area (Å²) in [6.45, 7) is 6.08. The number of H-pyrrole nitrogens is 1. The second-order valence-corrected chi connectivity index (χ2v) is 7.28. The van der Waals surface area contributed by atoms with Crippen LogP contribution in [-0.4, -0.2) is 43.4 Å². The van der Waals surface area contributed by atoms with E-state index in [9.17, 15) is 0 Å². The summed E-state index contributed by atoms with van der Waals surface area (Å²) in [6.07, 6.45) is 1.86. The molecular weight excluding hydrogens is 320 g/mol. The van der Waals surface area contributed by atoms with Gasteiger partial charge in [-0.15, -0.1) is 0 Å². The van der Waals surface area contributed by atoms with Crippen LogP contribution in [0.25, 0.3) is 0 Å². The molecule has 0 radical (unpaired) electrons. The number of pyridine rings is 1. The Kier molecular flexibility index (Phi) is 4.75. The van der Waals surface area contributed by atoms with Crippen LogP contribution in [0.3, 0.4) is 0 Å². The highest BCUT2D eigenvalue weighted by atomic mass is 35.5. The number of anilines is 1. The van der Waals surface area contributed by atoms with Gasteiger partial charge in [0.05, 0.1) is 22.7 Å². The Morgan fingerprint density at radius 3 is 2.86 bits per heavy atom. The first-order valence-corrected chi connectivity index (χ1v) is 8.53. The number of halogens is 1. The number of nitrogens with zero attached hydrogens (tertiary/aromatic N) is 1. The molecule has 0 aromatic carbocycles. The fraction of sp³-hybridized carbons (Fsp3) is 0.667. The van der Waals surface area contributed by atoms with Crippen molar-refractivity contribution in [2.45, 2.75) is 31.3 Å². The molecule has 3 rings (SSSR count). The van der Waals surface area contributed by atoms with Gasteiger partial charge in [0.15, 0.2) is 0 Å². The normalized spacial score (nSPS) is 29.6. The third kappa shape index (κ3) is 3.46. The average Bonchev–Trinajstić information content (AvgIpc) is 2.49. The van der Waals surface area contributed by atoms with Crippen LogP contribution in [-0.2, 0) is 4.74 Å². The minimum atomic E-state index is -0.149. The number of aromatic amines is 1. The zero-order valence-electron chi connectivity index (χ0n) is 12.8. The van der Waals surface area contributed by atoms with E-state index in [1.807, 2.05) is 6.07 Å². The second kappa shape index (κ2) is 6.45. The standard InChI is InChI=1S/C15H23ClN4OS/c1-15(17)2-3-18-11(9-15)10-8-12(22)13(16)14(19-10)20-4-6-21-7-5-20/h8,11,18H,2-7,9,17H2,1H3,(H,19,22). The SMILES string of the molecule is CC1(N)CCNC(c2cc(=S)c(Cl)c(N3CCOCC3)[nH]2)C1. The van der Waals surface area contributed by atoms with Crippen LogP contribution in [0.4, 0.5) is 5.82 Å². The topological polar surface area (TPSA) is 66.3 Å². The molecule has 1 aromatic rings. The maximum absolute atomic E-state index is 6.43. The van der Waals surface area contributed by atoms with Crippen LogP contribution in [0.15, 0.2) is 6.07 Å². The number of nitrogens with one attached hydrogen (secondary N) is 2. The summed E-state index contributed by atoms with van der Waals surface area (Å²) < 4.78 is 6.09. The third-order valence-electron chi connectivity index (χ3n) is 4.43. The summed E-state index contributed by atoms with van der Waals surface area (Å²) in [5.41, 5.74) is 7.24. The molecule has 2 aliphatic heterocycles. The number of nitrogens with two attached hydrogens (primary N) is 1. The molecule has 1 aromatic heterocycles. The monoisotopic (exact) mass is 342 g/mol. The molecule has 4 N–H and O–H groups in total. The molecular formula is C15H23ClN4OS. The molecule has 0 bridgehead atoms. The molecule has 2 fully saturated rings. The largest absolute Gasteiger partial charge is 0.378 e. The number of piperidine rings is 1. The number of hydrogen-bond acceptors (Lipinski definition) is 5. The van der Waals surface area contributed by atoms with Gasteiger partial charge in [-0.1, -0.05) is 23.8 Å². The first kappa shape index (κ1) is 16.2. The van der Waals surface area contributed by atoms with E-state index in [2.05, 4.69) is 22.1 Å². The molecule has 122 valence electrons. The van der Waals surface area contributed by atoms with Gasteiger partial charge in [0.25, 0.3) is 0 Å². The first-order valence-electron chi connectivity index (χ1n) is 7.74. The molecule has 2 aliphatic rings. The summed E-state index contributed by atoms with van der Waals surface area (Å²) in [5, 5.41) is 4.14. The van der Waals surface area contributed by atoms with Gasteiger partial charge in [0.2, 0.25) is 0 Å². The zero-order valence-corrected chi connectivity index (χ0v) is 14.4. The lowest BCUT2D eigenvalue weighted by molar-refractivity contribution is 0.122. The minimum Gasteiger partial charge on any atom is -0.378 e. The van der Waals surface area contributed by atoms with Gasteiger partial charge >= 0.3 is 0 Å². The Labute approximate surface area is 141 Å². The van der Waals surface area contributed by atoms with Gasteiger partial charge in [0.1, 0.15) is 5.82 Å². The van der Waals surface area contributed by atoms with Gasteiger partial charge in [-0.3, -0.25) is 0 Å². The van der Waals surface area contributed by atoms with E-state index in [-0.39, 0.29) is 11.6 Å². The maximum Gasteiger partial charge on any atom is 0.126 e. The van der Waals surface area contributed by atoms with Crippen LogP contribution >= 0.6 is 23.8 Å². The van der Waals surface area contributed by atoms with E-state index in [4.69, 9.17) is 34.3 Å². The number of hydrogen-bond donors (Lipinski definition) is 3. The van der Waals surface area contributed by atoms with Gasteiger partial charge in [0, 0.05) is 30.4 Å². The van der Waals surface area contributed by atoms with Crippen molar-refractivity contribution >= 4 is 29.6 Å². The zero-order chi connectivity index (χ0) is 15.7. The highest BCUT2D eigenvalue weighted by Crippen LogP contribution is 2.32. The highest BCUT2D eigenvalue weighted by Gasteiger charge is 2.30. The Morgan fingerprint density at radius 1 is 1.45 bits per heavy atom. The van der Waals surface area contributed by atoms with Crippen molar-refractivity contribution < 1.29 is 4.74 Å². The van der Waals surface area contributed by atoms with E-state index < -0.39 is 0 Å². The van der Waals surface area contributed by atoms with E-state index in [1.165, 1.54) is 0 Å². The summed E-state index contributed by atoms with van der Waals surface area (Å²) >= 11 is 11.9. The van der Waals surface area contributed by atoms with Crippen molar-refractivity contribution in [2.24, 2.45) is 5.73 Å². The molecule has 7 heteroatoms. The summed E-state index contributed by atoms with van der Waals surface area (Å²) in [6, 6.07) is 2.14. The van der Waals surface area contributed by atoms with Crippen LogP contribution in [0.5, 0.6) is 0 Å². The van der Waals surface area contributed by atoms with Crippen molar-refractivity contribution in [3.8, 4) is 0 Å². The number of morpholine rings is 1. The molecule has 2 saturated heterocycles. The van der Waals surface area contributed by atoms with E-state index in [0.717, 1.165) is 44.0 Å². The van der Waals surface area contributed by atoms with Crippen molar-refractivity contribution in [3.63, 3.8) is 0 Å². The van der Waals surface area contributed by atoms with E-state index in [0.29, 0.717) is 22.7 Å². The first-order chi connectivity index (χ1) is 10.5. The fourth-order valence-electron chi connectivity index (χ4n) is 3.13. The quantitative estimate of drug-likeness (QED) is 0.720. The van der Waals surface area contributed by atoms with Gasteiger partial charge in [-0.05, 0) is 32.4 Å². The molecule has 0 aliphatic carbocycles. The molecule has 22 heavy (non-hydrogen) atoms. The predicted octanol–water partition coefficient (Wildman–Crippen LogP) is 2.38. The Morgan fingerprint density at radius 2 is 2.18 bits per heavy atom. The van der Waals surface area contributed by atoms with Gasteiger partial charge < -0.3 is 25.7 Å². The van der Waals surface area contributed by atoms with Crippen LogP contribution < -0.4 is 16.0 Å². The molecule has 0 spiro atoms. The highest BCUT2D eigenvalue weighted by molar-refractivity contribution is 7.71. The van der Waals surface area contributed by atoms with Crippen molar-refractivity contribution in [1.82, 2.24) is 10.3 Å². The van der Waals surface area contributed by atoms with Crippen LogP contribution in [0.1, 0.15) is 31.5 Å². The lowest BCUT2D eigenvalue weighted by atomic mass is 9.86. The third-order valence-corrected chi connectivity index (χ3v) is 5.25. The molecule has 3 heterocycles. The van der Waals surface area contributed by atoms with Crippen LogP contribution in [0.2, 0.25) is 5.02 Å². The van der Waals surface area contributed by atoms with Gasteiger partial charge in [-0.25, -0.2) is 0 Å². The van der Waals surface area contributed by atoms with Crippen molar-refractivity contribution in [2.75, 3.05) is 37.7 Å². The lowest BCUT2D eigenvalue weighted by Gasteiger charge is -2.37. The number of ether oxygens (including phenoxy) is 1. The number of rotatable bonds is 2. The molecule has 0 amide bonds. The minimum absolute atomic E-state index is 0.149. The van der Waals surface area contributed by atoms with Crippen molar-refractivity contribution in [1.29, 1.82) is 0 Å². The smallest absolute Gasteiger partial charge is 0.126 e. The maximum atomic E-state index is 6.43. The number of aromatic nitrogens is 1. The second-order valence-electron chi connectivity index (χ2n) is 6.47. The molecule has 5 nitrogen and oxygen atoms in total. The van der Waals surface area contributed by atoms with E-state index in [1.54, 1.807) is 0 Å². The average molecular weight is 343 g/mol. The summed E-state index contributed by atoms with van der Waals surface area (Å²) in [5.74, 6) is 0.901. The van der Waals surface area contributed by atoms with Crippen LogP contribution in [0, 0.1) is 4.51 Å². The summed E-state index contributed by atoms with van der Waals surface area (Å²) in [7, 11) is 0. The Bertz CT molecular complexity index is 598. The molecule has 2 atom stereocenters. The van der Waals surface area contributed by atoms with Crippen molar-refractivity contribution in [3.05, 3.63) is 21.3 Å².